The summed E-state index contributed by atoms with van der Waals surface area (Å²) >= 11 is 0.774. The number of carbonyl (C=O) groups is 3. The lowest BCUT2D eigenvalue weighted by atomic mass is 10.1. The van der Waals surface area contributed by atoms with Crippen molar-refractivity contribution in [3.63, 3.8) is 0 Å². The number of aromatic hydroxyl groups is 2. The predicted molar refractivity (Wildman–Crippen MR) is 131 cm³/mol. The van der Waals surface area contributed by atoms with Gasteiger partial charge in [-0.25, -0.2) is 0 Å². The highest BCUT2D eigenvalue weighted by atomic mass is 32.2. The molecule has 4 rings (SSSR count). The molecule has 1 heterocycles. The third-order valence-corrected chi connectivity index (χ3v) is 6.18. The second kappa shape index (κ2) is 10.3. The van der Waals surface area contributed by atoms with E-state index in [-0.39, 0.29) is 34.4 Å². The van der Waals surface area contributed by atoms with Gasteiger partial charge in [0.25, 0.3) is 11.1 Å². The maximum Gasteiger partial charge on any atom is 0.293 e. The van der Waals surface area contributed by atoms with Crippen molar-refractivity contribution in [2.75, 3.05) is 5.32 Å². The minimum absolute atomic E-state index is 0.0796. The third-order valence-electron chi connectivity index (χ3n) is 5.27. The van der Waals surface area contributed by atoms with E-state index in [1.165, 1.54) is 24.3 Å². The molecule has 1 saturated heterocycles. The molecule has 1 aliphatic rings. The number of thioether (sulfide) groups is 1. The molecule has 0 spiro atoms. The van der Waals surface area contributed by atoms with E-state index in [0.717, 1.165) is 27.8 Å². The monoisotopic (exact) mass is 474 g/mol. The van der Waals surface area contributed by atoms with Crippen molar-refractivity contribution in [2.45, 2.75) is 19.4 Å². The Bertz CT molecular complexity index is 1260. The Hall–Kier alpha value is -4.04. The van der Waals surface area contributed by atoms with E-state index in [9.17, 15) is 24.6 Å². The van der Waals surface area contributed by atoms with Gasteiger partial charge in [-0.1, -0.05) is 54.6 Å². The Balaban J connectivity index is 1.36. The summed E-state index contributed by atoms with van der Waals surface area (Å²) in [6.45, 7) is 0.0796. The Morgan fingerprint density at radius 2 is 1.65 bits per heavy atom. The van der Waals surface area contributed by atoms with E-state index >= 15 is 0 Å². The van der Waals surface area contributed by atoms with Crippen LogP contribution >= 0.6 is 11.8 Å². The van der Waals surface area contributed by atoms with Crippen molar-refractivity contribution in [1.29, 1.82) is 0 Å². The number of amides is 3. The van der Waals surface area contributed by atoms with Gasteiger partial charge >= 0.3 is 0 Å². The quantitative estimate of drug-likeness (QED) is 0.332. The summed E-state index contributed by atoms with van der Waals surface area (Å²) in [5.41, 5.74) is 2.71. The molecule has 3 amide bonds. The number of aryl methyl sites for hydroxylation is 1. The highest BCUT2D eigenvalue weighted by molar-refractivity contribution is 8.18. The Labute approximate surface area is 200 Å². The second-order valence-corrected chi connectivity index (χ2v) is 8.71. The van der Waals surface area contributed by atoms with Crippen molar-refractivity contribution in [2.24, 2.45) is 0 Å². The SMILES string of the molecule is O=C(CCc1ccccc1)Nc1ccc(CN2C(=O)SC(=Cc3cccc(O)c3O)C2=O)cc1. The molecular formula is C26H22N2O5S. The maximum absolute atomic E-state index is 12.7. The Morgan fingerprint density at radius 3 is 2.38 bits per heavy atom. The van der Waals surface area contributed by atoms with E-state index < -0.39 is 11.1 Å². The van der Waals surface area contributed by atoms with Gasteiger partial charge in [-0.05, 0) is 53.6 Å². The lowest BCUT2D eigenvalue weighted by Gasteiger charge is -2.13. The fraction of sp³-hybridized carbons (Fsp3) is 0.115. The van der Waals surface area contributed by atoms with E-state index in [1.807, 2.05) is 30.3 Å². The molecule has 0 saturated carbocycles. The third kappa shape index (κ3) is 5.47. The smallest absolute Gasteiger partial charge is 0.293 e. The molecule has 0 aliphatic carbocycles. The molecule has 7 nitrogen and oxygen atoms in total. The topological polar surface area (TPSA) is 107 Å². The standard InChI is InChI=1S/C26H22N2O5S/c29-21-8-4-7-19(24(21)31)15-22-25(32)28(26(33)34-22)16-18-9-12-20(13-10-18)27-23(30)14-11-17-5-2-1-3-6-17/h1-10,12-13,15,29,31H,11,14,16H2,(H,27,30). The normalized spacial score (nSPS) is 14.6. The predicted octanol–water partition coefficient (Wildman–Crippen LogP) is 4.91. The fourth-order valence-electron chi connectivity index (χ4n) is 3.44. The average Bonchev–Trinajstić information content (AvgIpc) is 3.10. The number of imide groups is 1. The number of phenols is 2. The summed E-state index contributed by atoms with van der Waals surface area (Å²) in [6, 6.07) is 21.1. The van der Waals surface area contributed by atoms with Crippen molar-refractivity contribution < 1.29 is 24.6 Å². The Kier molecular flexibility index (Phi) is 6.98. The van der Waals surface area contributed by atoms with Crippen LogP contribution in [0.1, 0.15) is 23.1 Å². The zero-order chi connectivity index (χ0) is 24.1. The summed E-state index contributed by atoms with van der Waals surface area (Å²) in [6.07, 6.45) is 2.40. The van der Waals surface area contributed by atoms with Crippen LogP contribution in [0, 0.1) is 0 Å². The van der Waals surface area contributed by atoms with Crippen molar-refractivity contribution in [3.05, 3.63) is 94.4 Å². The minimum Gasteiger partial charge on any atom is -0.504 e. The maximum atomic E-state index is 12.7. The lowest BCUT2D eigenvalue weighted by molar-refractivity contribution is -0.123. The Morgan fingerprint density at radius 1 is 0.912 bits per heavy atom. The number of para-hydroxylation sites is 1. The lowest BCUT2D eigenvalue weighted by Crippen LogP contribution is -2.27. The highest BCUT2D eigenvalue weighted by Crippen LogP contribution is 2.36. The first-order chi connectivity index (χ1) is 16.4. The molecule has 1 fully saturated rings. The molecule has 0 aromatic heterocycles. The van der Waals surface area contributed by atoms with E-state index in [4.69, 9.17) is 0 Å². The van der Waals surface area contributed by atoms with Gasteiger partial charge in [0.1, 0.15) is 0 Å². The number of nitrogens with one attached hydrogen (secondary N) is 1. The van der Waals surface area contributed by atoms with E-state index in [1.54, 1.807) is 24.3 Å². The second-order valence-electron chi connectivity index (χ2n) is 7.71. The molecule has 172 valence electrons. The minimum atomic E-state index is -0.476. The molecular weight excluding hydrogens is 452 g/mol. The van der Waals surface area contributed by atoms with E-state index in [2.05, 4.69) is 5.32 Å². The number of carbonyl (C=O) groups excluding carboxylic acids is 3. The summed E-state index contributed by atoms with van der Waals surface area (Å²) in [7, 11) is 0. The zero-order valence-electron chi connectivity index (χ0n) is 18.1. The van der Waals surface area contributed by atoms with Gasteiger partial charge in [0, 0.05) is 17.7 Å². The van der Waals surface area contributed by atoms with Gasteiger partial charge in [-0.3, -0.25) is 19.3 Å². The van der Waals surface area contributed by atoms with E-state index in [0.29, 0.717) is 18.5 Å². The summed E-state index contributed by atoms with van der Waals surface area (Å²) < 4.78 is 0. The number of hydrogen-bond donors (Lipinski definition) is 3. The number of nitrogens with zero attached hydrogens (tertiary/aromatic N) is 1. The molecule has 0 unspecified atom stereocenters. The van der Waals surface area contributed by atoms with Gasteiger partial charge < -0.3 is 15.5 Å². The van der Waals surface area contributed by atoms with Crippen LogP contribution in [0.5, 0.6) is 11.5 Å². The number of anilines is 1. The summed E-state index contributed by atoms with van der Waals surface area (Å²) in [5, 5.41) is 22.0. The van der Waals surface area contributed by atoms with Crippen LogP contribution < -0.4 is 5.32 Å². The molecule has 3 aromatic carbocycles. The van der Waals surface area contributed by atoms with Crippen LogP contribution in [-0.4, -0.2) is 32.2 Å². The van der Waals surface area contributed by atoms with Gasteiger partial charge in [0.2, 0.25) is 5.91 Å². The van der Waals surface area contributed by atoms with Crippen molar-refractivity contribution >= 4 is 40.6 Å². The largest absolute Gasteiger partial charge is 0.504 e. The fourth-order valence-corrected chi connectivity index (χ4v) is 4.27. The van der Waals surface area contributed by atoms with Crippen molar-refractivity contribution in [3.8, 4) is 11.5 Å². The number of hydrogen-bond acceptors (Lipinski definition) is 6. The number of benzene rings is 3. The summed E-state index contributed by atoms with van der Waals surface area (Å²) in [5.74, 6) is -1.23. The van der Waals surface area contributed by atoms with Gasteiger partial charge in [-0.15, -0.1) is 0 Å². The first-order valence-corrected chi connectivity index (χ1v) is 11.4. The zero-order valence-corrected chi connectivity index (χ0v) is 18.9. The highest BCUT2D eigenvalue weighted by Gasteiger charge is 2.35. The molecule has 0 atom stereocenters. The molecule has 0 bridgehead atoms. The molecule has 0 radical (unpaired) electrons. The van der Waals surface area contributed by atoms with Crippen LogP contribution in [0.4, 0.5) is 10.5 Å². The van der Waals surface area contributed by atoms with Crippen LogP contribution in [-0.2, 0) is 22.6 Å². The first kappa shape index (κ1) is 23.1. The average molecular weight is 475 g/mol. The molecule has 34 heavy (non-hydrogen) atoms. The van der Waals surface area contributed by atoms with Gasteiger partial charge in [0.05, 0.1) is 11.4 Å². The van der Waals surface area contributed by atoms with Crippen LogP contribution in [0.25, 0.3) is 6.08 Å². The van der Waals surface area contributed by atoms with Crippen LogP contribution in [0.2, 0.25) is 0 Å². The molecule has 3 N–H and O–H groups in total. The molecule has 3 aromatic rings. The van der Waals surface area contributed by atoms with Crippen LogP contribution in [0.15, 0.2) is 77.7 Å². The van der Waals surface area contributed by atoms with Crippen molar-refractivity contribution in [1.82, 2.24) is 4.90 Å². The van der Waals surface area contributed by atoms with Gasteiger partial charge in [-0.2, -0.15) is 0 Å². The molecule has 1 aliphatic heterocycles. The number of phenolic OH excluding ortho intramolecular Hbond substituents is 2. The van der Waals surface area contributed by atoms with Gasteiger partial charge in [0.15, 0.2) is 11.5 Å². The van der Waals surface area contributed by atoms with Crippen LogP contribution in [0.3, 0.4) is 0 Å². The number of rotatable bonds is 7. The molecule has 8 heteroatoms. The summed E-state index contributed by atoms with van der Waals surface area (Å²) in [4.78, 5) is 38.6. The first-order valence-electron chi connectivity index (χ1n) is 10.6.